The number of anilines is 2. The van der Waals surface area contributed by atoms with Gasteiger partial charge in [-0.05, 0) is 53.9 Å². The number of pyridine rings is 1. The summed E-state index contributed by atoms with van der Waals surface area (Å²) in [5.41, 5.74) is 3.61. The van der Waals surface area contributed by atoms with Crippen molar-refractivity contribution >= 4 is 46.1 Å². The van der Waals surface area contributed by atoms with Crippen molar-refractivity contribution in [2.75, 3.05) is 10.2 Å². The van der Waals surface area contributed by atoms with Crippen LogP contribution in [-0.2, 0) is 6.54 Å². The summed E-state index contributed by atoms with van der Waals surface area (Å²) in [6.45, 7) is 0.271. The van der Waals surface area contributed by atoms with Crippen molar-refractivity contribution in [2.24, 2.45) is 0 Å². The molecule has 0 saturated carbocycles. The summed E-state index contributed by atoms with van der Waals surface area (Å²) in [4.78, 5) is 33.9. The summed E-state index contributed by atoms with van der Waals surface area (Å²) in [6.07, 6.45) is 1.65. The van der Waals surface area contributed by atoms with E-state index in [-0.39, 0.29) is 23.4 Å². The maximum Gasteiger partial charge on any atom is 0.260 e. The van der Waals surface area contributed by atoms with Gasteiger partial charge in [-0.25, -0.2) is 4.98 Å². The Morgan fingerprint density at radius 1 is 0.921 bits per heavy atom. The third-order valence-electron chi connectivity index (χ3n) is 6.20. The number of halogens is 1. The molecular weight excluding hydrogens is 518 g/mol. The van der Waals surface area contributed by atoms with E-state index in [0.717, 1.165) is 16.0 Å². The maximum atomic E-state index is 13.8. The molecule has 6 nitrogen and oxygen atoms in total. The van der Waals surface area contributed by atoms with E-state index in [9.17, 15) is 9.59 Å². The van der Waals surface area contributed by atoms with Crippen molar-refractivity contribution < 1.29 is 14.3 Å². The molecule has 0 atom stereocenters. The summed E-state index contributed by atoms with van der Waals surface area (Å²) in [7, 11) is 0. The minimum Gasteiger partial charge on any atom is -0.436 e. The fourth-order valence-electron chi connectivity index (χ4n) is 4.38. The highest BCUT2D eigenvalue weighted by Crippen LogP contribution is 2.39. The third kappa shape index (κ3) is 4.53. The Bertz CT molecular complexity index is 1670. The van der Waals surface area contributed by atoms with Gasteiger partial charge in [0.15, 0.2) is 5.75 Å². The lowest BCUT2D eigenvalue weighted by Crippen LogP contribution is -2.30. The predicted molar refractivity (Wildman–Crippen MR) is 150 cm³/mol. The molecule has 38 heavy (non-hydrogen) atoms. The molecule has 2 aromatic heterocycles. The van der Waals surface area contributed by atoms with Gasteiger partial charge in [0.1, 0.15) is 0 Å². The molecule has 0 saturated heterocycles. The average molecular weight is 538 g/mol. The van der Waals surface area contributed by atoms with E-state index in [1.54, 1.807) is 52.8 Å². The van der Waals surface area contributed by atoms with E-state index in [1.165, 1.54) is 0 Å². The second-order valence-electron chi connectivity index (χ2n) is 8.60. The Balaban J connectivity index is 1.28. The van der Waals surface area contributed by atoms with Crippen LogP contribution in [0.2, 0.25) is 5.02 Å². The van der Waals surface area contributed by atoms with Gasteiger partial charge in [-0.3, -0.25) is 9.59 Å². The zero-order valence-electron chi connectivity index (χ0n) is 19.9. The molecule has 0 aliphatic carbocycles. The molecule has 1 aliphatic heterocycles. The first-order valence-corrected chi connectivity index (χ1v) is 13.1. The second kappa shape index (κ2) is 10.1. The number of rotatable bonds is 4. The fraction of sp³-hybridized carbons (Fsp3) is 0.0333. The molecule has 0 radical (unpaired) electrons. The Kier molecular flexibility index (Phi) is 6.37. The molecule has 0 fully saturated rings. The van der Waals surface area contributed by atoms with Crippen LogP contribution in [0.15, 0.2) is 103 Å². The number of carbonyl (C=O) groups is 2. The standard InChI is InChI=1S/C30H20ClN3O3S/c31-24-17-20(33-28(35)22-9-2-1-8-21(22)27-12-6-16-38-27)13-14-23(24)30(36)34-18-19-7-5-15-32-29(19)37-26-11-4-3-10-25(26)34/h1-17H,18H2,(H,33,35). The highest BCUT2D eigenvalue weighted by atomic mass is 35.5. The Morgan fingerprint density at radius 3 is 2.61 bits per heavy atom. The molecule has 3 heterocycles. The summed E-state index contributed by atoms with van der Waals surface area (Å²) >= 11 is 8.18. The van der Waals surface area contributed by atoms with E-state index < -0.39 is 0 Å². The number of fused-ring (bicyclic) bond motifs is 2. The van der Waals surface area contributed by atoms with Gasteiger partial charge in [0, 0.05) is 33.5 Å². The fourth-order valence-corrected chi connectivity index (χ4v) is 5.41. The molecule has 1 aliphatic rings. The zero-order chi connectivity index (χ0) is 26.1. The lowest BCUT2D eigenvalue weighted by Gasteiger charge is -2.22. The van der Waals surface area contributed by atoms with Crippen molar-refractivity contribution in [1.29, 1.82) is 0 Å². The summed E-state index contributed by atoms with van der Waals surface area (Å²) < 4.78 is 6.01. The van der Waals surface area contributed by atoms with Crippen molar-refractivity contribution in [2.45, 2.75) is 6.54 Å². The molecule has 2 amide bonds. The van der Waals surface area contributed by atoms with Crippen LogP contribution in [0.1, 0.15) is 26.3 Å². The Morgan fingerprint density at radius 2 is 1.76 bits per heavy atom. The zero-order valence-corrected chi connectivity index (χ0v) is 21.5. The number of ether oxygens (including phenoxy) is 1. The number of amides is 2. The van der Waals surface area contributed by atoms with Crippen LogP contribution in [0.3, 0.4) is 0 Å². The van der Waals surface area contributed by atoms with Crippen LogP contribution in [0.4, 0.5) is 11.4 Å². The van der Waals surface area contributed by atoms with Gasteiger partial charge in [0.2, 0.25) is 5.88 Å². The predicted octanol–water partition coefficient (Wildman–Crippen LogP) is 7.67. The third-order valence-corrected chi connectivity index (χ3v) is 7.42. The van der Waals surface area contributed by atoms with E-state index in [2.05, 4.69) is 10.3 Å². The average Bonchev–Trinajstić information content (AvgIpc) is 3.42. The largest absolute Gasteiger partial charge is 0.436 e. The van der Waals surface area contributed by atoms with Crippen LogP contribution >= 0.6 is 22.9 Å². The molecular formula is C30H20ClN3O3S. The number of benzene rings is 3. The molecule has 0 bridgehead atoms. The normalized spacial score (nSPS) is 12.1. The number of hydrogen-bond acceptors (Lipinski definition) is 5. The second-order valence-corrected chi connectivity index (χ2v) is 9.96. The minimum atomic E-state index is -0.288. The van der Waals surface area contributed by atoms with Crippen molar-refractivity contribution in [3.63, 3.8) is 0 Å². The number of aromatic nitrogens is 1. The monoisotopic (exact) mass is 537 g/mol. The van der Waals surface area contributed by atoms with Gasteiger partial charge in [0.05, 0.1) is 22.8 Å². The van der Waals surface area contributed by atoms with Crippen LogP contribution in [0, 0.1) is 0 Å². The van der Waals surface area contributed by atoms with Crippen LogP contribution in [-0.4, -0.2) is 16.8 Å². The lowest BCUT2D eigenvalue weighted by atomic mass is 10.1. The smallest absolute Gasteiger partial charge is 0.260 e. The first-order chi connectivity index (χ1) is 18.6. The van der Waals surface area contributed by atoms with Gasteiger partial charge in [-0.15, -0.1) is 11.3 Å². The Hall–Kier alpha value is -4.46. The first kappa shape index (κ1) is 23.9. The van der Waals surface area contributed by atoms with E-state index in [0.29, 0.717) is 34.1 Å². The number of thiophene rings is 1. The summed E-state index contributed by atoms with van der Waals surface area (Å²) in [5.74, 6) is 0.445. The number of nitrogens with zero attached hydrogens (tertiary/aromatic N) is 2. The van der Waals surface area contributed by atoms with Gasteiger partial charge in [-0.2, -0.15) is 0 Å². The molecule has 6 rings (SSSR count). The minimum absolute atomic E-state index is 0.230. The SMILES string of the molecule is O=C(Nc1ccc(C(=O)N2Cc3cccnc3Oc3ccccc32)c(Cl)c1)c1ccccc1-c1cccs1. The molecule has 8 heteroatoms. The maximum absolute atomic E-state index is 13.8. The molecule has 0 unspecified atom stereocenters. The molecule has 1 N–H and O–H groups in total. The topological polar surface area (TPSA) is 71.5 Å². The molecule has 0 spiro atoms. The van der Waals surface area contributed by atoms with Crippen LogP contribution < -0.4 is 15.0 Å². The molecule has 186 valence electrons. The molecule has 3 aromatic carbocycles. The van der Waals surface area contributed by atoms with E-state index in [4.69, 9.17) is 16.3 Å². The van der Waals surface area contributed by atoms with Gasteiger partial charge < -0.3 is 15.0 Å². The number of hydrogen-bond donors (Lipinski definition) is 1. The van der Waals surface area contributed by atoms with Crippen LogP contribution in [0.5, 0.6) is 11.6 Å². The first-order valence-electron chi connectivity index (χ1n) is 11.8. The van der Waals surface area contributed by atoms with E-state index in [1.807, 2.05) is 66.0 Å². The molecule has 5 aromatic rings. The van der Waals surface area contributed by atoms with Crippen LogP contribution in [0.25, 0.3) is 10.4 Å². The van der Waals surface area contributed by atoms with Gasteiger partial charge in [0.25, 0.3) is 11.8 Å². The van der Waals surface area contributed by atoms with Crippen molar-refractivity contribution in [3.05, 3.63) is 124 Å². The number of carbonyl (C=O) groups excluding carboxylic acids is 2. The van der Waals surface area contributed by atoms with Gasteiger partial charge in [-0.1, -0.05) is 54.1 Å². The highest BCUT2D eigenvalue weighted by Gasteiger charge is 2.28. The number of para-hydroxylation sites is 2. The van der Waals surface area contributed by atoms with Crippen molar-refractivity contribution in [1.82, 2.24) is 4.98 Å². The summed E-state index contributed by atoms with van der Waals surface area (Å²) in [5, 5.41) is 5.12. The number of nitrogens with one attached hydrogen (secondary N) is 1. The van der Waals surface area contributed by atoms with E-state index >= 15 is 0 Å². The van der Waals surface area contributed by atoms with Gasteiger partial charge >= 0.3 is 0 Å². The summed E-state index contributed by atoms with van der Waals surface area (Å²) in [6, 6.07) is 27.3. The van der Waals surface area contributed by atoms with Crippen molar-refractivity contribution in [3.8, 4) is 22.1 Å². The lowest BCUT2D eigenvalue weighted by molar-refractivity contribution is 0.0984. The highest BCUT2D eigenvalue weighted by molar-refractivity contribution is 7.13. The quantitative estimate of drug-likeness (QED) is 0.255. The Labute approximate surface area is 228 Å².